The van der Waals surface area contributed by atoms with Crippen LogP contribution in [0.15, 0.2) is 163 Å². The summed E-state index contributed by atoms with van der Waals surface area (Å²) in [6.07, 6.45) is 5.83. The fraction of sp³-hybridized carbons (Fsp3) is 0.264. The number of hydroxylamine groups is 2. The molecule has 2 atom stereocenters. The second-order valence-electron chi connectivity index (χ2n) is 17.4. The number of rotatable bonds is 12. The van der Waals surface area contributed by atoms with Gasteiger partial charge in [0, 0.05) is 23.6 Å². The Hall–Kier alpha value is -6.55. The van der Waals surface area contributed by atoms with Gasteiger partial charge in [0.05, 0.1) is 17.4 Å². The second-order valence-corrected chi connectivity index (χ2v) is 17.4. The molecule has 4 heterocycles. The van der Waals surface area contributed by atoms with Crippen molar-refractivity contribution in [1.82, 2.24) is 34.8 Å². The molecule has 2 saturated heterocycles. The van der Waals surface area contributed by atoms with E-state index >= 15 is 0 Å². The molecule has 10 rings (SSSR count). The fourth-order valence-electron chi connectivity index (χ4n) is 9.87. The highest BCUT2D eigenvalue weighted by Crippen LogP contribution is 2.46. The maximum Gasteiger partial charge on any atom is 0.261 e. The Labute approximate surface area is 362 Å². The molecule has 8 aromatic rings. The number of tetrazole rings is 1. The first-order valence-corrected chi connectivity index (χ1v) is 22.0. The van der Waals surface area contributed by atoms with Gasteiger partial charge in [0.15, 0.2) is 5.82 Å². The van der Waals surface area contributed by atoms with Gasteiger partial charge in [-0.05, 0) is 101 Å². The molecule has 6 aromatic carbocycles. The SMILES string of the molecule is CCCCc1nc2ccc([C@@H]3C[C@H]4CCC(C)(C)N4O3)cc2c(=O)n1Cc1ccc(-c2ccccc2-c2nnnn2C(c2ccccc2)(c2ccccc2)c2ccccc2)cc1. The molecule has 0 radical (unpaired) electrons. The van der Waals surface area contributed by atoms with Crippen molar-refractivity contribution in [2.24, 2.45) is 0 Å². The third-order valence-corrected chi connectivity index (χ3v) is 13.1. The van der Waals surface area contributed by atoms with E-state index in [4.69, 9.17) is 20.1 Å². The standard InChI is InChI=1S/C53H51N7O2/c1-4-5-25-49-54-47-31-30-39(48-35-43-32-33-52(2,3)60(43)62-48)34-46(47)51(61)58(49)36-37-26-28-38(29-27-37)44-23-15-16-24-45(44)50-55-56-57-59(50)53(40-17-9-6-10-18-40,41-19-11-7-12-20-41)42-21-13-8-14-22-42/h6-24,26-31,34,43,48H,4-5,25,32-33,35-36H2,1-3H3/t43-,48+/m1/s1. The Bertz CT molecular complexity index is 2790. The largest absolute Gasteiger partial charge is 0.292 e. The highest BCUT2D eigenvalue weighted by atomic mass is 16.7. The van der Waals surface area contributed by atoms with E-state index in [2.05, 4.69) is 152 Å². The molecule has 0 aliphatic carbocycles. The van der Waals surface area contributed by atoms with Crippen LogP contribution in [0.3, 0.4) is 0 Å². The lowest BCUT2D eigenvalue weighted by Crippen LogP contribution is -2.39. The van der Waals surface area contributed by atoms with Crippen molar-refractivity contribution in [2.45, 2.75) is 89.1 Å². The Balaban J connectivity index is 1.01. The summed E-state index contributed by atoms with van der Waals surface area (Å²) in [6, 6.07) is 54.7. The van der Waals surface area contributed by atoms with E-state index in [0.29, 0.717) is 23.8 Å². The molecule has 2 aromatic heterocycles. The molecule has 2 aliphatic heterocycles. The fourth-order valence-corrected chi connectivity index (χ4v) is 9.87. The van der Waals surface area contributed by atoms with Crippen LogP contribution in [-0.4, -0.2) is 46.4 Å². The number of nitrogens with zero attached hydrogens (tertiary/aromatic N) is 7. The van der Waals surface area contributed by atoms with Crippen LogP contribution in [0.25, 0.3) is 33.4 Å². The molecule has 9 nitrogen and oxygen atoms in total. The summed E-state index contributed by atoms with van der Waals surface area (Å²) < 4.78 is 3.86. The molecule has 62 heavy (non-hydrogen) atoms. The van der Waals surface area contributed by atoms with Gasteiger partial charge in [-0.15, -0.1) is 5.10 Å². The second kappa shape index (κ2) is 16.4. The molecule has 0 N–H and O–H groups in total. The van der Waals surface area contributed by atoms with Gasteiger partial charge in [0.1, 0.15) is 17.5 Å². The van der Waals surface area contributed by atoms with Gasteiger partial charge in [0.2, 0.25) is 0 Å². The number of benzene rings is 6. The molecule has 0 spiro atoms. The summed E-state index contributed by atoms with van der Waals surface area (Å²) in [6.45, 7) is 7.09. The predicted octanol–water partition coefficient (Wildman–Crippen LogP) is 10.6. The van der Waals surface area contributed by atoms with Crippen molar-refractivity contribution in [3.8, 4) is 22.5 Å². The van der Waals surface area contributed by atoms with Crippen molar-refractivity contribution < 1.29 is 4.84 Å². The van der Waals surface area contributed by atoms with Gasteiger partial charge >= 0.3 is 0 Å². The smallest absolute Gasteiger partial charge is 0.261 e. The Kier molecular flexibility index (Phi) is 10.5. The van der Waals surface area contributed by atoms with E-state index in [1.54, 1.807) is 0 Å². The summed E-state index contributed by atoms with van der Waals surface area (Å²) in [4.78, 5) is 26.2. The summed E-state index contributed by atoms with van der Waals surface area (Å²) >= 11 is 0. The highest BCUT2D eigenvalue weighted by molar-refractivity contribution is 5.81. The monoisotopic (exact) mass is 817 g/mol. The first-order valence-electron chi connectivity index (χ1n) is 22.0. The molecular weight excluding hydrogens is 767 g/mol. The maximum absolute atomic E-state index is 14.5. The lowest BCUT2D eigenvalue weighted by Gasteiger charge is -2.36. The first-order chi connectivity index (χ1) is 30.3. The lowest BCUT2D eigenvalue weighted by atomic mass is 9.77. The molecular formula is C53H51N7O2. The summed E-state index contributed by atoms with van der Waals surface area (Å²) in [7, 11) is 0. The Morgan fingerprint density at radius 2 is 1.39 bits per heavy atom. The molecule has 0 unspecified atom stereocenters. The lowest BCUT2D eigenvalue weighted by molar-refractivity contribution is -0.199. The van der Waals surface area contributed by atoms with E-state index in [9.17, 15) is 4.79 Å². The Morgan fingerprint density at radius 1 is 0.758 bits per heavy atom. The number of fused-ring (bicyclic) bond motifs is 2. The molecule has 2 fully saturated rings. The molecule has 2 aliphatic rings. The average Bonchev–Trinajstić information content (AvgIpc) is 4.06. The molecule has 310 valence electrons. The van der Waals surface area contributed by atoms with Crippen LogP contribution in [0.1, 0.15) is 92.6 Å². The van der Waals surface area contributed by atoms with E-state index in [1.807, 2.05) is 45.6 Å². The van der Waals surface area contributed by atoms with Gasteiger partial charge in [-0.1, -0.05) is 159 Å². The van der Waals surface area contributed by atoms with Gasteiger partial charge in [-0.2, -0.15) is 5.06 Å². The van der Waals surface area contributed by atoms with Gasteiger partial charge in [-0.3, -0.25) is 14.2 Å². The van der Waals surface area contributed by atoms with Crippen molar-refractivity contribution in [3.63, 3.8) is 0 Å². The van der Waals surface area contributed by atoms with Crippen LogP contribution < -0.4 is 5.56 Å². The number of hydrogen-bond acceptors (Lipinski definition) is 7. The van der Waals surface area contributed by atoms with Crippen LogP contribution in [0.4, 0.5) is 0 Å². The van der Waals surface area contributed by atoms with E-state index in [-0.39, 0.29) is 17.2 Å². The van der Waals surface area contributed by atoms with Crippen LogP contribution in [0, 0.1) is 0 Å². The van der Waals surface area contributed by atoms with Crippen molar-refractivity contribution >= 4 is 10.9 Å². The molecule has 0 saturated carbocycles. The van der Waals surface area contributed by atoms with E-state index in [0.717, 1.165) is 94.4 Å². The summed E-state index contributed by atoms with van der Waals surface area (Å²) in [5.74, 6) is 1.46. The van der Waals surface area contributed by atoms with Crippen LogP contribution >= 0.6 is 0 Å². The predicted molar refractivity (Wildman–Crippen MR) is 244 cm³/mol. The maximum atomic E-state index is 14.5. The van der Waals surface area contributed by atoms with Gasteiger partial charge in [0.25, 0.3) is 5.56 Å². The topological polar surface area (TPSA) is 91.0 Å². The summed E-state index contributed by atoms with van der Waals surface area (Å²) in [5, 5.41) is 16.8. The molecule has 0 bridgehead atoms. The third-order valence-electron chi connectivity index (χ3n) is 13.1. The van der Waals surface area contributed by atoms with Crippen molar-refractivity contribution in [3.05, 3.63) is 202 Å². The van der Waals surface area contributed by atoms with Gasteiger partial charge < -0.3 is 0 Å². The Morgan fingerprint density at radius 3 is 2.02 bits per heavy atom. The van der Waals surface area contributed by atoms with Crippen LogP contribution in [-0.2, 0) is 23.3 Å². The average molecular weight is 818 g/mol. The van der Waals surface area contributed by atoms with Gasteiger partial charge in [-0.25, -0.2) is 9.67 Å². The van der Waals surface area contributed by atoms with Crippen molar-refractivity contribution in [1.29, 1.82) is 0 Å². The minimum absolute atomic E-state index is 0.0122. The minimum Gasteiger partial charge on any atom is -0.292 e. The number of aromatic nitrogens is 6. The molecule has 9 heteroatoms. The highest BCUT2D eigenvalue weighted by Gasteiger charge is 2.47. The van der Waals surface area contributed by atoms with Crippen LogP contribution in [0.2, 0.25) is 0 Å². The molecule has 0 amide bonds. The summed E-state index contributed by atoms with van der Waals surface area (Å²) in [5.41, 5.74) is 7.96. The van der Waals surface area contributed by atoms with E-state index in [1.165, 1.54) is 0 Å². The number of hydrogen-bond donors (Lipinski definition) is 0. The zero-order valence-corrected chi connectivity index (χ0v) is 35.6. The normalized spacial score (nSPS) is 17.4. The first kappa shape index (κ1) is 39.6. The third kappa shape index (κ3) is 6.95. The van der Waals surface area contributed by atoms with Crippen molar-refractivity contribution in [2.75, 3.05) is 0 Å². The quantitative estimate of drug-likeness (QED) is 0.113. The van der Waals surface area contributed by atoms with E-state index < -0.39 is 5.54 Å². The number of unbranched alkanes of at least 4 members (excludes halogenated alkanes) is 1. The van der Waals surface area contributed by atoms with Crippen LogP contribution in [0.5, 0.6) is 0 Å². The number of aryl methyl sites for hydroxylation is 1. The zero-order valence-electron chi connectivity index (χ0n) is 35.6. The zero-order chi connectivity index (χ0) is 42.3. The minimum atomic E-state index is -0.880.